The number of H-pyrrole nitrogens is 1. The van der Waals surface area contributed by atoms with Gasteiger partial charge in [0.1, 0.15) is 5.69 Å². The van der Waals surface area contributed by atoms with E-state index in [9.17, 15) is 4.79 Å². The van der Waals surface area contributed by atoms with Gasteiger partial charge in [-0.3, -0.25) is 9.78 Å². The quantitative estimate of drug-likeness (QED) is 0.745. The second-order valence-corrected chi connectivity index (χ2v) is 3.18. The van der Waals surface area contributed by atoms with Gasteiger partial charge in [-0.15, -0.1) is 10.2 Å². The molecule has 2 aromatic heterocycles. The molecule has 16 heavy (non-hydrogen) atoms. The number of aromatic nitrogens is 5. The summed E-state index contributed by atoms with van der Waals surface area (Å²) in [5.41, 5.74) is 1.24. The van der Waals surface area contributed by atoms with Crippen molar-refractivity contribution in [1.29, 1.82) is 0 Å². The van der Waals surface area contributed by atoms with E-state index >= 15 is 0 Å². The molecule has 0 unspecified atom stereocenters. The number of hydrogen-bond donors (Lipinski definition) is 2. The van der Waals surface area contributed by atoms with Gasteiger partial charge in [-0.25, -0.2) is 0 Å². The Morgan fingerprint density at radius 1 is 1.56 bits per heavy atom. The van der Waals surface area contributed by atoms with E-state index in [1.165, 1.54) is 0 Å². The number of pyridine rings is 1. The Bertz CT molecular complexity index is 481. The molecule has 2 N–H and O–H groups in total. The minimum Gasteiger partial charge on any atom is -0.343 e. The van der Waals surface area contributed by atoms with Gasteiger partial charge in [0.2, 0.25) is 0 Å². The number of aryl methyl sites for hydroxylation is 1. The molecule has 0 aliphatic carbocycles. The topological polar surface area (TPSA) is 96.5 Å². The van der Waals surface area contributed by atoms with Gasteiger partial charge >= 0.3 is 0 Å². The molecule has 82 valence electrons. The van der Waals surface area contributed by atoms with Crippen molar-refractivity contribution in [1.82, 2.24) is 30.9 Å². The summed E-state index contributed by atoms with van der Waals surface area (Å²) in [6.45, 7) is 2.06. The van der Waals surface area contributed by atoms with Crippen LogP contribution in [0.5, 0.6) is 0 Å². The third-order valence-corrected chi connectivity index (χ3v) is 2.02. The van der Waals surface area contributed by atoms with E-state index in [-0.39, 0.29) is 12.5 Å². The van der Waals surface area contributed by atoms with Crippen molar-refractivity contribution in [2.75, 3.05) is 0 Å². The molecule has 7 nitrogen and oxygen atoms in total. The molecule has 1 amide bonds. The van der Waals surface area contributed by atoms with E-state index < -0.39 is 0 Å². The van der Waals surface area contributed by atoms with E-state index in [2.05, 4.69) is 30.9 Å². The van der Waals surface area contributed by atoms with Gasteiger partial charge in [0.25, 0.3) is 5.91 Å². The normalized spacial score (nSPS) is 10.1. The standard InChI is InChI=1S/C9H10N6O/c1-6-3-2-4-10-8(6)9(16)11-5-7-12-14-15-13-7/h2-4H,5H2,1H3,(H,11,16)(H,12,13,14,15). The highest BCUT2D eigenvalue weighted by atomic mass is 16.1. The summed E-state index contributed by atoms with van der Waals surface area (Å²) in [5, 5.41) is 15.8. The molecule has 0 radical (unpaired) electrons. The second-order valence-electron chi connectivity index (χ2n) is 3.18. The van der Waals surface area contributed by atoms with Crippen molar-refractivity contribution in [3.8, 4) is 0 Å². The Morgan fingerprint density at radius 2 is 2.44 bits per heavy atom. The Balaban J connectivity index is 2.01. The highest BCUT2D eigenvalue weighted by Crippen LogP contribution is 2.02. The second kappa shape index (κ2) is 4.47. The molecule has 2 rings (SSSR count). The van der Waals surface area contributed by atoms with Crippen LogP contribution in [0.2, 0.25) is 0 Å². The zero-order chi connectivity index (χ0) is 11.4. The maximum atomic E-state index is 11.7. The first-order chi connectivity index (χ1) is 7.77. The van der Waals surface area contributed by atoms with Gasteiger partial charge < -0.3 is 5.32 Å². The number of carbonyl (C=O) groups is 1. The molecule has 0 saturated heterocycles. The molecule has 0 aromatic carbocycles. The van der Waals surface area contributed by atoms with Crippen molar-refractivity contribution >= 4 is 5.91 Å². The number of nitrogens with one attached hydrogen (secondary N) is 2. The molecule has 0 aliphatic heterocycles. The van der Waals surface area contributed by atoms with Crippen LogP contribution in [0.3, 0.4) is 0 Å². The lowest BCUT2D eigenvalue weighted by Crippen LogP contribution is -2.25. The molecule has 0 bridgehead atoms. The smallest absolute Gasteiger partial charge is 0.270 e. The van der Waals surface area contributed by atoms with E-state index in [4.69, 9.17) is 0 Å². The van der Waals surface area contributed by atoms with Crippen molar-refractivity contribution in [3.63, 3.8) is 0 Å². The maximum absolute atomic E-state index is 11.7. The fraction of sp³-hybridized carbons (Fsp3) is 0.222. The fourth-order valence-corrected chi connectivity index (χ4v) is 1.22. The first kappa shape index (κ1) is 10.2. The van der Waals surface area contributed by atoms with Gasteiger partial charge in [-0.05, 0) is 18.6 Å². The minimum atomic E-state index is -0.247. The Labute approximate surface area is 91.3 Å². The lowest BCUT2D eigenvalue weighted by Gasteiger charge is -2.03. The van der Waals surface area contributed by atoms with E-state index in [1.807, 2.05) is 13.0 Å². The summed E-state index contributed by atoms with van der Waals surface area (Å²) < 4.78 is 0. The molecule has 2 heterocycles. The summed E-state index contributed by atoms with van der Waals surface area (Å²) in [7, 11) is 0. The predicted molar refractivity (Wildman–Crippen MR) is 54.3 cm³/mol. The molecule has 0 saturated carbocycles. The number of aromatic amines is 1. The van der Waals surface area contributed by atoms with Gasteiger partial charge in [0.05, 0.1) is 6.54 Å². The van der Waals surface area contributed by atoms with Crippen LogP contribution >= 0.6 is 0 Å². The monoisotopic (exact) mass is 218 g/mol. The third-order valence-electron chi connectivity index (χ3n) is 2.02. The average molecular weight is 218 g/mol. The summed E-state index contributed by atoms with van der Waals surface area (Å²) in [6, 6.07) is 3.61. The molecular weight excluding hydrogens is 208 g/mol. The number of rotatable bonds is 3. The zero-order valence-electron chi connectivity index (χ0n) is 8.64. The summed E-state index contributed by atoms with van der Waals surface area (Å²) in [5.74, 6) is 0.185. The van der Waals surface area contributed by atoms with Crippen molar-refractivity contribution in [2.45, 2.75) is 13.5 Å². The number of carbonyl (C=O) groups excluding carboxylic acids is 1. The van der Waals surface area contributed by atoms with Crippen LogP contribution in [0.1, 0.15) is 21.9 Å². The van der Waals surface area contributed by atoms with Crippen molar-refractivity contribution in [3.05, 3.63) is 35.4 Å². The number of amides is 1. The zero-order valence-corrected chi connectivity index (χ0v) is 8.64. The molecule has 0 fully saturated rings. The van der Waals surface area contributed by atoms with Crippen LogP contribution in [0.15, 0.2) is 18.3 Å². The number of hydrogen-bond acceptors (Lipinski definition) is 5. The Morgan fingerprint density at radius 3 is 3.12 bits per heavy atom. The lowest BCUT2D eigenvalue weighted by atomic mass is 10.2. The predicted octanol–water partition coefficient (Wildman–Crippen LogP) is -0.167. The van der Waals surface area contributed by atoms with Crippen LogP contribution in [0.25, 0.3) is 0 Å². The third kappa shape index (κ3) is 2.19. The molecule has 0 aliphatic rings. The molecular formula is C9H10N6O. The van der Waals surface area contributed by atoms with Crippen molar-refractivity contribution < 1.29 is 4.79 Å². The summed E-state index contributed by atoms with van der Waals surface area (Å²) >= 11 is 0. The summed E-state index contributed by atoms with van der Waals surface area (Å²) in [6.07, 6.45) is 1.58. The number of tetrazole rings is 1. The van der Waals surface area contributed by atoms with E-state index in [0.717, 1.165) is 5.56 Å². The van der Waals surface area contributed by atoms with Gasteiger partial charge in [-0.1, -0.05) is 11.3 Å². The van der Waals surface area contributed by atoms with Crippen LogP contribution in [-0.4, -0.2) is 31.5 Å². The maximum Gasteiger partial charge on any atom is 0.270 e. The highest BCUT2D eigenvalue weighted by molar-refractivity contribution is 5.93. The van der Waals surface area contributed by atoms with Gasteiger partial charge in [0.15, 0.2) is 5.82 Å². The van der Waals surface area contributed by atoms with Crippen LogP contribution < -0.4 is 5.32 Å². The van der Waals surface area contributed by atoms with Crippen LogP contribution in [0.4, 0.5) is 0 Å². The SMILES string of the molecule is Cc1cccnc1C(=O)NCc1nn[nH]n1. The van der Waals surface area contributed by atoms with E-state index in [1.54, 1.807) is 12.3 Å². The van der Waals surface area contributed by atoms with Gasteiger partial charge in [0, 0.05) is 6.20 Å². The first-order valence-electron chi connectivity index (χ1n) is 4.69. The minimum absolute atomic E-state index is 0.228. The Kier molecular flexibility index (Phi) is 2.86. The van der Waals surface area contributed by atoms with Crippen molar-refractivity contribution in [2.24, 2.45) is 0 Å². The van der Waals surface area contributed by atoms with E-state index in [0.29, 0.717) is 11.5 Å². The van der Waals surface area contributed by atoms with Crippen LogP contribution in [0, 0.1) is 6.92 Å². The number of nitrogens with zero attached hydrogens (tertiary/aromatic N) is 4. The molecule has 0 atom stereocenters. The largest absolute Gasteiger partial charge is 0.343 e. The Hall–Kier alpha value is -2.31. The lowest BCUT2D eigenvalue weighted by molar-refractivity contribution is 0.0944. The molecule has 7 heteroatoms. The van der Waals surface area contributed by atoms with Gasteiger partial charge in [-0.2, -0.15) is 5.21 Å². The summed E-state index contributed by atoms with van der Waals surface area (Å²) in [4.78, 5) is 15.7. The molecule has 0 spiro atoms. The first-order valence-corrected chi connectivity index (χ1v) is 4.69. The fourth-order valence-electron chi connectivity index (χ4n) is 1.22. The average Bonchev–Trinajstić information content (AvgIpc) is 2.79. The molecule has 2 aromatic rings. The van der Waals surface area contributed by atoms with Crippen LogP contribution in [-0.2, 0) is 6.54 Å². The highest BCUT2D eigenvalue weighted by Gasteiger charge is 2.10.